The van der Waals surface area contributed by atoms with E-state index in [1.54, 1.807) is 0 Å². The monoisotopic (exact) mass is 224 g/mol. The number of piperidine rings is 1. The second-order valence-electron chi connectivity index (χ2n) is 4.69. The van der Waals surface area contributed by atoms with Crippen molar-refractivity contribution in [2.45, 2.75) is 32.7 Å². The number of hydrogen-bond acceptors (Lipinski definition) is 4. The van der Waals surface area contributed by atoms with Gasteiger partial charge in [0, 0.05) is 19.2 Å². The SMILES string of the molecule is Cc1cc(CN2CCCC(CCO)C2)on1. The summed E-state index contributed by atoms with van der Waals surface area (Å²) in [5, 5.41) is 12.8. The fourth-order valence-corrected chi connectivity index (χ4v) is 2.42. The van der Waals surface area contributed by atoms with Crippen molar-refractivity contribution in [3.8, 4) is 0 Å². The summed E-state index contributed by atoms with van der Waals surface area (Å²) in [6.45, 7) is 5.29. The van der Waals surface area contributed by atoms with Crippen LogP contribution in [0.2, 0.25) is 0 Å². The quantitative estimate of drug-likeness (QED) is 0.843. The van der Waals surface area contributed by atoms with Crippen LogP contribution in [-0.2, 0) is 6.54 Å². The molecule has 0 bridgehead atoms. The van der Waals surface area contributed by atoms with Crippen LogP contribution in [0.3, 0.4) is 0 Å². The van der Waals surface area contributed by atoms with E-state index in [9.17, 15) is 0 Å². The fraction of sp³-hybridized carbons (Fsp3) is 0.750. The minimum atomic E-state index is 0.305. The molecule has 1 aliphatic rings. The third-order valence-corrected chi connectivity index (χ3v) is 3.20. The van der Waals surface area contributed by atoms with Crippen LogP contribution in [0.15, 0.2) is 10.6 Å². The minimum Gasteiger partial charge on any atom is -0.396 e. The van der Waals surface area contributed by atoms with Gasteiger partial charge < -0.3 is 9.63 Å². The van der Waals surface area contributed by atoms with Crippen LogP contribution in [0.4, 0.5) is 0 Å². The van der Waals surface area contributed by atoms with Gasteiger partial charge >= 0.3 is 0 Å². The third kappa shape index (κ3) is 3.06. The minimum absolute atomic E-state index is 0.305. The number of aryl methyl sites for hydroxylation is 1. The van der Waals surface area contributed by atoms with Crippen molar-refractivity contribution in [3.05, 3.63) is 17.5 Å². The van der Waals surface area contributed by atoms with E-state index in [-0.39, 0.29) is 0 Å². The summed E-state index contributed by atoms with van der Waals surface area (Å²) in [5.41, 5.74) is 0.943. The molecule has 0 saturated carbocycles. The summed E-state index contributed by atoms with van der Waals surface area (Å²) in [6, 6.07) is 2.00. The molecular weight excluding hydrogens is 204 g/mol. The standard InChI is InChI=1S/C12H20N2O2/c1-10-7-12(16-13-10)9-14-5-2-3-11(8-14)4-6-15/h7,11,15H,2-6,8-9H2,1H3. The first-order chi connectivity index (χ1) is 7.78. The van der Waals surface area contributed by atoms with E-state index >= 15 is 0 Å². The zero-order valence-electron chi connectivity index (χ0n) is 9.85. The molecule has 1 N–H and O–H groups in total. The molecule has 16 heavy (non-hydrogen) atoms. The maximum atomic E-state index is 8.95. The first-order valence-electron chi connectivity index (χ1n) is 6.03. The van der Waals surface area contributed by atoms with Crippen LogP contribution in [0.25, 0.3) is 0 Å². The molecule has 2 rings (SSSR count). The molecule has 1 atom stereocenters. The van der Waals surface area contributed by atoms with E-state index in [0.29, 0.717) is 12.5 Å². The van der Waals surface area contributed by atoms with Gasteiger partial charge in [-0.1, -0.05) is 5.16 Å². The molecule has 0 aliphatic carbocycles. The zero-order valence-corrected chi connectivity index (χ0v) is 9.85. The molecule has 1 aromatic rings. The fourth-order valence-electron chi connectivity index (χ4n) is 2.42. The Morgan fingerprint density at radius 2 is 2.50 bits per heavy atom. The molecule has 0 radical (unpaired) electrons. The maximum absolute atomic E-state index is 8.95. The largest absolute Gasteiger partial charge is 0.396 e. The molecule has 1 fully saturated rings. The first-order valence-corrected chi connectivity index (χ1v) is 6.03. The average Bonchev–Trinajstić information content (AvgIpc) is 2.65. The van der Waals surface area contributed by atoms with Gasteiger partial charge in [0.25, 0.3) is 0 Å². The molecule has 1 saturated heterocycles. The number of aromatic nitrogens is 1. The molecule has 1 aliphatic heterocycles. The van der Waals surface area contributed by atoms with E-state index in [1.165, 1.54) is 12.8 Å². The number of nitrogens with zero attached hydrogens (tertiary/aromatic N) is 2. The molecular formula is C12H20N2O2. The molecule has 4 heteroatoms. The van der Waals surface area contributed by atoms with Crippen LogP contribution < -0.4 is 0 Å². The molecule has 4 nitrogen and oxygen atoms in total. The van der Waals surface area contributed by atoms with E-state index < -0.39 is 0 Å². The summed E-state index contributed by atoms with van der Waals surface area (Å²) in [7, 11) is 0. The van der Waals surface area contributed by atoms with Gasteiger partial charge in [0.05, 0.1) is 12.2 Å². The Morgan fingerprint density at radius 1 is 1.62 bits per heavy atom. The Balaban J connectivity index is 1.85. The Morgan fingerprint density at radius 3 is 3.19 bits per heavy atom. The molecule has 0 aromatic carbocycles. The van der Waals surface area contributed by atoms with Crippen molar-refractivity contribution in [1.29, 1.82) is 0 Å². The van der Waals surface area contributed by atoms with Gasteiger partial charge in [-0.25, -0.2) is 0 Å². The Bertz CT molecular complexity index is 323. The lowest BCUT2D eigenvalue weighted by atomic mass is 9.95. The molecule has 1 aromatic heterocycles. The zero-order chi connectivity index (χ0) is 11.4. The summed E-state index contributed by atoms with van der Waals surface area (Å²) in [6.07, 6.45) is 3.39. The van der Waals surface area contributed by atoms with Gasteiger partial charge in [0.15, 0.2) is 5.76 Å². The van der Waals surface area contributed by atoms with Crippen LogP contribution in [-0.4, -0.2) is 34.9 Å². The number of aliphatic hydroxyl groups is 1. The summed E-state index contributed by atoms with van der Waals surface area (Å²) >= 11 is 0. The summed E-state index contributed by atoms with van der Waals surface area (Å²) in [5.74, 6) is 1.59. The highest BCUT2D eigenvalue weighted by atomic mass is 16.5. The second-order valence-corrected chi connectivity index (χ2v) is 4.69. The smallest absolute Gasteiger partial charge is 0.150 e. The summed E-state index contributed by atoms with van der Waals surface area (Å²) < 4.78 is 5.22. The molecule has 90 valence electrons. The number of likely N-dealkylation sites (tertiary alicyclic amines) is 1. The highest BCUT2D eigenvalue weighted by molar-refractivity contribution is 5.03. The number of rotatable bonds is 4. The van der Waals surface area contributed by atoms with Crippen molar-refractivity contribution in [3.63, 3.8) is 0 Å². The highest BCUT2D eigenvalue weighted by Gasteiger charge is 2.20. The predicted octanol–water partition coefficient (Wildman–Crippen LogP) is 1.58. The van der Waals surface area contributed by atoms with Gasteiger partial charge in [0.2, 0.25) is 0 Å². The van der Waals surface area contributed by atoms with Gasteiger partial charge in [-0.2, -0.15) is 0 Å². The lowest BCUT2D eigenvalue weighted by Gasteiger charge is -2.31. The maximum Gasteiger partial charge on any atom is 0.150 e. The number of aliphatic hydroxyl groups excluding tert-OH is 1. The molecule has 1 unspecified atom stereocenters. The van der Waals surface area contributed by atoms with Crippen LogP contribution in [0.1, 0.15) is 30.7 Å². The van der Waals surface area contributed by atoms with Crippen molar-refractivity contribution < 1.29 is 9.63 Å². The van der Waals surface area contributed by atoms with Gasteiger partial charge in [0.1, 0.15) is 0 Å². The predicted molar refractivity (Wildman–Crippen MR) is 60.9 cm³/mol. The van der Waals surface area contributed by atoms with Gasteiger partial charge in [-0.15, -0.1) is 0 Å². The lowest BCUT2D eigenvalue weighted by molar-refractivity contribution is 0.132. The normalized spacial score (nSPS) is 22.5. The molecule has 0 spiro atoms. The van der Waals surface area contributed by atoms with Crippen LogP contribution in [0.5, 0.6) is 0 Å². The average molecular weight is 224 g/mol. The Labute approximate surface area is 96.2 Å². The van der Waals surface area contributed by atoms with E-state index in [2.05, 4.69) is 10.1 Å². The van der Waals surface area contributed by atoms with E-state index in [0.717, 1.165) is 37.5 Å². The van der Waals surface area contributed by atoms with Crippen molar-refractivity contribution in [2.24, 2.45) is 5.92 Å². The van der Waals surface area contributed by atoms with E-state index in [4.69, 9.17) is 9.63 Å². The second kappa shape index (κ2) is 5.46. The lowest BCUT2D eigenvalue weighted by Crippen LogP contribution is -2.35. The first kappa shape index (κ1) is 11.6. The Hall–Kier alpha value is -0.870. The van der Waals surface area contributed by atoms with Crippen molar-refractivity contribution >= 4 is 0 Å². The van der Waals surface area contributed by atoms with Gasteiger partial charge in [-0.05, 0) is 38.6 Å². The van der Waals surface area contributed by atoms with Crippen LogP contribution >= 0.6 is 0 Å². The molecule has 2 heterocycles. The summed E-state index contributed by atoms with van der Waals surface area (Å²) in [4.78, 5) is 2.39. The third-order valence-electron chi connectivity index (χ3n) is 3.20. The number of hydrogen-bond donors (Lipinski definition) is 1. The highest BCUT2D eigenvalue weighted by Crippen LogP contribution is 2.20. The topological polar surface area (TPSA) is 49.5 Å². The molecule has 0 amide bonds. The Kier molecular flexibility index (Phi) is 3.96. The van der Waals surface area contributed by atoms with Crippen molar-refractivity contribution in [2.75, 3.05) is 19.7 Å². The van der Waals surface area contributed by atoms with Crippen LogP contribution in [0, 0.1) is 12.8 Å². The van der Waals surface area contributed by atoms with E-state index in [1.807, 2.05) is 13.0 Å². The van der Waals surface area contributed by atoms with Crippen molar-refractivity contribution in [1.82, 2.24) is 10.1 Å². The van der Waals surface area contributed by atoms with Gasteiger partial charge in [-0.3, -0.25) is 4.90 Å².